The molecule has 0 bridgehead atoms. The highest BCUT2D eigenvalue weighted by Gasteiger charge is 2.54. The maximum atomic E-state index is 12.7. The quantitative estimate of drug-likeness (QED) is 0.918. The lowest BCUT2D eigenvalue weighted by atomic mass is 9.95. The van der Waals surface area contributed by atoms with Crippen molar-refractivity contribution >= 4 is 11.8 Å². The lowest BCUT2D eigenvalue weighted by molar-refractivity contribution is -0.141. The smallest absolute Gasteiger partial charge is 0.417 e. The molecule has 0 aromatic carbocycles. The van der Waals surface area contributed by atoms with Crippen LogP contribution in [-0.2, 0) is 16.4 Å². The van der Waals surface area contributed by atoms with Crippen molar-refractivity contribution in [2.75, 3.05) is 19.0 Å². The first-order chi connectivity index (χ1) is 8.68. The molecule has 0 radical (unpaired) electrons. The van der Waals surface area contributed by atoms with Crippen molar-refractivity contribution in [2.24, 2.45) is 0 Å². The van der Waals surface area contributed by atoms with Gasteiger partial charge in [0.1, 0.15) is 5.82 Å². The monoisotopic (exact) mass is 274 g/mol. The summed E-state index contributed by atoms with van der Waals surface area (Å²) in [5, 5.41) is 9.23. The van der Waals surface area contributed by atoms with E-state index < -0.39 is 23.1 Å². The predicted octanol–water partition coefficient (Wildman–Crippen LogP) is 2.28. The zero-order chi connectivity index (χ0) is 14.4. The van der Waals surface area contributed by atoms with Crippen molar-refractivity contribution in [2.45, 2.75) is 24.4 Å². The topological polar surface area (TPSA) is 53.4 Å². The molecule has 1 aromatic rings. The Morgan fingerprint density at radius 1 is 1.42 bits per heavy atom. The first-order valence-corrected chi connectivity index (χ1v) is 5.67. The van der Waals surface area contributed by atoms with E-state index in [9.17, 15) is 23.1 Å². The van der Waals surface area contributed by atoms with Crippen LogP contribution in [0.4, 0.5) is 19.0 Å². The van der Waals surface area contributed by atoms with Crippen LogP contribution in [0.2, 0.25) is 0 Å². The summed E-state index contributed by atoms with van der Waals surface area (Å²) in [6.07, 6.45) is -3.11. The Hall–Kier alpha value is -1.79. The highest BCUT2D eigenvalue weighted by atomic mass is 19.4. The molecule has 4 nitrogen and oxygen atoms in total. The van der Waals surface area contributed by atoms with Gasteiger partial charge in [0, 0.05) is 25.9 Å². The zero-order valence-corrected chi connectivity index (χ0v) is 10.5. The molecular weight excluding hydrogens is 261 g/mol. The first kappa shape index (κ1) is 13.6. The van der Waals surface area contributed by atoms with Gasteiger partial charge in [0.25, 0.3) is 0 Å². The number of pyridine rings is 1. The van der Waals surface area contributed by atoms with Crippen LogP contribution >= 0.6 is 0 Å². The Kier molecular flexibility index (Phi) is 2.95. The Bertz CT molecular complexity index is 522. The normalized spacial score (nSPS) is 17.1. The van der Waals surface area contributed by atoms with Gasteiger partial charge in [0.05, 0.1) is 11.0 Å². The van der Waals surface area contributed by atoms with Crippen LogP contribution in [0.15, 0.2) is 12.3 Å². The molecule has 1 aliphatic rings. The van der Waals surface area contributed by atoms with E-state index in [1.807, 2.05) is 0 Å². The minimum Gasteiger partial charge on any atom is -0.481 e. The van der Waals surface area contributed by atoms with Crippen molar-refractivity contribution in [3.8, 4) is 0 Å². The molecule has 1 heterocycles. The van der Waals surface area contributed by atoms with E-state index in [2.05, 4.69) is 4.98 Å². The van der Waals surface area contributed by atoms with Gasteiger partial charge in [-0.15, -0.1) is 0 Å². The number of nitrogens with zero attached hydrogens (tertiary/aromatic N) is 2. The maximum Gasteiger partial charge on any atom is 0.417 e. The highest BCUT2D eigenvalue weighted by molar-refractivity contribution is 5.87. The molecule has 0 spiro atoms. The van der Waals surface area contributed by atoms with E-state index in [0.29, 0.717) is 12.8 Å². The summed E-state index contributed by atoms with van der Waals surface area (Å²) in [4.78, 5) is 16.6. The van der Waals surface area contributed by atoms with Crippen molar-refractivity contribution in [1.29, 1.82) is 0 Å². The van der Waals surface area contributed by atoms with E-state index in [4.69, 9.17) is 0 Å². The molecule has 19 heavy (non-hydrogen) atoms. The van der Waals surface area contributed by atoms with E-state index >= 15 is 0 Å². The second kappa shape index (κ2) is 4.11. The summed E-state index contributed by atoms with van der Waals surface area (Å²) in [6.45, 7) is 0. The van der Waals surface area contributed by atoms with Crippen LogP contribution in [-0.4, -0.2) is 30.2 Å². The van der Waals surface area contributed by atoms with Crippen molar-refractivity contribution in [3.63, 3.8) is 0 Å². The lowest BCUT2D eigenvalue weighted by Gasteiger charge is -2.21. The zero-order valence-electron chi connectivity index (χ0n) is 10.5. The van der Waals surface area contributed by atoms with Gasteiger partial charge in [-0.2, -0.15) is 13.2 Å². The Balaban J connectivity index is 2.59. The number of halogens is 3. The molecule has 0 atom stereocenters. The lowest BCUT2D eigenvalue weighted by Crippen LogP contribution is -2.25. The summed E-state index contributed by atoms with van der Waals surface area (Å²) < 4.78 is 38.1. The predicted molar refractivity (Wildman–Crippen MR) is 62.1 cm³/mol. The fourth-order valence-corrected chi connectivity index (χ4v) is 2.04. The summed E-state index contributed by atoms with van der Waals surface area (Å²) >= 11 is 0. The highest BCUT2D eigenvalue weighted by Crippen LogP contribution is 2.51. The minimum atomic E-state index is -4.53. The number of carboxylic acids is 1. The van der Waals surface area contributed by atoms with Crippen LogP contribution in [0, 0.1) is 0 Å². The summed E-state index contributed by atoms with van der Waals surface area (Å²) in [5.41, 5.74) is -1.99. The van der Waals surface area contributed by atoms with Gasteiger partial charge >= 0.3 is 12.1 Å². The van der Waals surface area contributed by atoms with Crippen LogP contribution in [0.1, 0.15) is 24.0 Å². The molecule has 0 unspecified atom stereocenters. The van der Waals surface area contributed by atoms with Crippen LogP contribution < -0.4 is 4.90 Å². The number of rotatable bonds is 3. The van der Waals surface area contributed by atoms with Gasteiger partial charge in [-0.25, -0.2) is 4.98 Å². The van der Waals surface area contributed by atoms with Crippen LogP contribution in [0.25, 0.3) is 0 Å². The minimum absolute atomic E-state index is 0.139. The average Bonchev–Trinajstić information content (AvgIpc) is 3.07. The third kappa shape index (κ3) is 2.24. The number of hydrogen-bond donors (Lipinski definition) is 1. The first-order valence-electron chi connectivity index (χ1n) is 5.67. The summed E-state index contributed by atoms with van der Waals surface area (Å²) in [5.74, 6) is -0.829. The molecule has 7 heteroatoms. The van der Waals surface area contributed by atoms with Crippen LogP contribution in [0.3, 0.4) is 0 Å². The SMILES string of the molecule is CN(C)c1ncc(C(F)(F)F)cc1C1(C(=O)O)CC1. The molecule has 0 amide bonds. The molecule has 104 valence electrons. The largest absolute Gasteiger partial charge is 0.481 e. The molecule has 1 saturated carbocycles. The fourth-order valence-electron chi connectivity index (χ4n) is 2.04. The number of carboxylic acid groups (broad SMARTS) is 1. The van der Waals surface area contributed by atoms with Crippen molar-refractivity contribution < 1.29 is 23.1 Å². The molecule has 0 saturated heterocycles. The third-order valence-electron chi connectivity index (χ3n) is 3.29. The summed E-state index contributed by atoms with van der Waals surface area (Å²) in [6, 6.07) is 0.906. The van der Waals surface area contributed by atoms with Gasteiger partial charge in [0.15, 0.2) is 0 Å². The number of hydrogen-bond acceptors (Lipinski definition) is 3. The van der Waals surface area contributed by atoms with Gasteiger partial charge in [-0.1, -0.05) is 0 Å². The third-order valence-corrected chi connectivity index (χ3v) is 3.29. The number of aliphatic carboxylic acids is 1. The fraction of sp³-hybridized carbons (Fsp3) is 0.500. The van der Waals surface area contributed by atoms with E-state index in [-0.39, 0.29) is 11.4 Å². The van der Waals surface area contributed by atoms with E-state index in [1.54, 1.807) is 14.1 Å². The number of aromatic nitrogens is 1. The van der Waals surface area contributed by atoms with E-state index in [0.717, 1.165) is 12.3 Å². The van der Waals surface area contributed by atoms with Crippen molar-refractivity contribution in [3.05, 3.63) is 23.4 Å². The second-order valence-corrected chi connectivity index (χ2v) is 4.87. The average molecular weight is 274 g/mol. The maximum absolute atomic E-state index is 12.7. The molecular formula is C12H13F3N2O2. The van der Waals surface area contributed by atoms with Crippen molar-refractivity contribution in [1.82, 2.24) is 4.98 Å². The molecule has 2 rings (SSSR count). The van der Waals surface area contributed by atoms with Gasteiger partial charge < -0.3 is 10.0 Å². The standard InChI is InChI=1S/C12H13F3N2O2/c1-17(2)9-8(11(3-4-11)10(18)19)5-7(6-16-9)12(13,14)15/h5-6H,3-4H2,1-2H3,(H,18,19). The Labute approximate surface area is 107 Å². The van der Waals surface area contributed by atoms with Gasteiger partial charge in [-0.05, 0) is 18.9 Å². The molecule has 1 aromatic heterocycles. The second-order valence-electron chi connectivity index (χ2n) is 4.87. The number of alkyl halides is 3. The molecule has 1 N–H and O–H groups in total. The molecule has 1 aliphatic carbocycles. The van der Waals surface area contributed by atoms with Gasteiger partial charge in [-0.3, -0.25) is 4.79 Å². The number of anilines is 1. The summed E-state index contributed by atoms with van der Waals surface area (Å²) in [7, 11) is 3.24. The van der Waals surface area contributed by atoms with E-state index in [1.165, 1.54) is 4.90 Å². The Morgan fingerprint density at radius 3 is 2.37 bits per heavy atom. The van der Waals surface area contributed by atoms with Crippen LogP contribution in [0.5, 0.6) is 0 Å². The Morgan fingerprint density at radius 2 is 2.00 bits per heavy atom. The molecule has 0 aliphatic heterocycles. The molecule has 1 fully saturated rings. The van der Waals surface area contributed by atoms with Gasteiger partial charge in [0.2, 0.25) is 0 Å². The number of carbonyl (C=O) groups is 1.